The highest BCUT2D eigenvalue weighted by Gasteiger charge is 2.24. The van der Waals surface area contributed by atoms with E-state index in [4.69, 9.17) is 16.7 Å². The maximum absolute atomic E-state index is 12.8. The van der Waals surface area contributed by atoms with Crippen LogP contribution in [0.1, 0.15) is 54.6 Å². The number of carbonyl (C=O) groups is 1. The van der Waals surface area contributed by atoms with Crippen molar-refractivity contribution >= 4 is 17.5 Å². The smallest absolute Gasteiger partial charge is 0.333 e. The van der Waals surface area contributed by atoms with Gasteiger partial charge in [-0.05, 0) is 38.0 Å². The third-order valence-electron chi connectivity index (χ3n) is 5.60. The SMILES string of the molecule is Cc1cn(-c2ccc(Cl)c(C(=O)NC(O)C3CCCCCC3)c2)c(=O)n1CCO. The summed E-state index contributed by atoms with van der Waals surface area (Å²) in [6.45, 7) is 1.84. The average molecular weight is 422 g/mol. The Morgan fingerprint density at radius 1 is 1.28 bits per heavy atom. The summed E-state index contributed by atoms with van der Waals surface area (Å²) in [7, 11) is 0. The molecule has 0 saturated heterocycles. The van der Waals surface area contributed by atoms with Crippen LogP contribution in [0.2, 0.25) is 5.02 Å². The maximum atomic E-state index is 12.8. The van der Waals surface area contributed by atoms with Crippen molar-refractivity contribution in [1.82, 2.24) is 14.5 Å². The molecule has 1 unspecified atom stereocenters. The molecule has 0 radical (unpaired) electrons. The van der Waals surface area contributed by atoms with E-state index < -0.39 is 12.1 Å². The lowest BCUT2D eigenvalue weighted by Gasteiger charge is -2.22. The van der Waals surface area contributed by atoms with Gasteiger partial charge in [-0.25, -0.2) is 4.79 Å². The molecule has 29 heavy (non-hydrogen) atoms. The van der Waals surface area contributed by atoms with Crippen LogP contribution < -0.4 is 11.0 Å². The lowest BCUT2D eigenvalue weighted by atomic mass is 9.98. The van der Waals surface area contributed by atoms with E-state index in [-0.39, 0.29) is 35.3 Å². The highest BCUT2D eigenvalue weighted by atomic mass is 35.5. The van der Waals surface area contributed by atoms with Gasteiger partial charge in [0, 0.05) is 17.8 Å². The van der Waals surface area contributed by atoms with Gasteiger partial charge in [-0.3, -0.25) is 13.9 Å². The molecule has 1 aromatic heterocycles. The first kappa shape index (κ1) is 21.6. The Morgan fingerprint density at radius 3 is 2.62 bits per heavy atom. The molecule has 1 amide bonds. The van der Waals surface area contributed by atoms with Crippen molar-refractivity contribution in [2.24, 2.45) is 5.92 Å². The molecule has 3 rings (SSSR count). The third-order valence-corrected chi connectivity index (χ3v) is 5.93. The first-order valence-corrected chi connectivity index (χ1v) is 10.5. The molecule has 3 N–H and O–H groups in total. The topological polar surface area (TPSA) is 96.5 Å². The Bertz CT molecular complexity index is 913. The molecule has 0 spiro atoms. The first-order chi connectivity index (χ1) is 13.9. The summed E-state index contributed by atoms with van der Waals surface area (Å²) in [5, 5.41) is 22.6. The summed E-state index contributed by atoms with van der Waals surface area (Å²) in [5.74, 6) is -0.422. The number of aromatic nitrogens is 2. The molecule has 8 heteroatoms. The predicted octanol–water partition coefficient (Wildman–Crippen LogP) is 2.61. The van der Waals surface area contributed by atoms with Gasteiger partial charge in [0.1, 0.15) is 6.23 Å². The fourth-order valence-corrected chi connectivity index (χ4v) is 4.15. The van der Waals surface area contributed by atoms with Gasteiger partial charge in [-0.1, -0.05) is 37.3 Å². The lowest BCUT2D eigenvalue weighted by Crippen LogP contribution is -2.40. The van der Waals surface area contributed by atoms with Crippen LogP contribution in [0, 0.1) is 12.8 Å². The Kier molecular flexibility index (Phi) is 7.16. The zero-order valence-corrected chi connectivity index (χ0v) is 17.4. The zero-order chi connectivity index (χ0) is 21.0. The lowest BCUT2D eigenvalue weighted by molar-refractivity contribution is 0.0532. The maximum Gasteiger partial charge on any atom is 0.333 e. The molecule has 2 aromatic rings. The molecule has 1 aliphatic carbocycles. The predicted molar refractivity (Wildman–Crippen MR) is 112 cm³/mol. The number of halogens is 1. The minimum Gasteiger partial charge on any atom is -0.395 e. The van der Waals surface area contributed by atoms with Crippen LogP contribution in [0.5, 0.6) is 0 Å². The molecular weight excluding hydrogens is 394 g/mol. The summed E-state index contributed by atoms with van der Waals surface area (Å²) in [5.41, 5.74) is 1.10. The van der Waals surface area contributed by atoms with E-state index in [1.54, 1.807) is 31.3 Å². The van der Waals surface area contributed by atoms with Gasteiger partial charge in [0.05, 0.1) is 29.4 Å². The fraction of sp³-hybridized carbons (Fsp3) is 0.524. The second kappa shape index (κ2) is 9.61. The summed E-state index contributed by atoms with van der Waals surface area (Å²) in [4.78, 5) is 25.4. The molecule has 158 valence electrons. The fourth-order valence-electron chi connectivity index (χ4n) is 3.94. The van der Waals surface area contributed by atoms with Crippen LogP contribution in [0.4, 0.5) is 0 Å². The number of imidazole rings is 1. The molecule has 0 aliphatic heterocycles. The minimum absolute atomic E-state index is 0.0428. The number of hydrogen-bond acceptors (Lipinski definition) is 4. The van der Waals surface area contributed by atoms with Crippen LogP contribution >= 0.6 is 11.6 Å². The van der Waals surface area contributed by atoms with Crippen molar-refractivity contribution in [3.05, 3.63) is 51.2 Å². The quantitative estimate of drug-likeness (QED) is 0.493. The summed E-state index contributed by atoms with van der Waals surface area (Å²) < 4.78 is 2.88. The molecule has 1 atom stereocenters. The Balaban J connectivity index is 1.83. The number of amides is 1. The van der Waals surface area contributed by atoms with Crippen molar-refractivity contribution in [2.45, 2.75) is 58.2 Å². The number of aryl methyl sites for hydroxylation is 1. The monoisotopic (exact) mass is 421 g/mol. The van der Waals surface area contributed by atoms with Crippen LogP contribution in [0.25, 0.3) is 5.69 Å². The van der Waals surface area contributed by atoms with Gasteiger partial charge in [0.25, 0.3) is 5.91 Å². The van der Waals surface area contributed by atoms with Crippen molar-refractivity contribution in [1.29, 1.82) is 0 Å². The number of carbonyl (C=O) groups excluding carboxylic acids is 1. The van der Waals surface area contributed by atoms with E-state index >= 15 is 0 Å². The third kappa shape index (κ3) is 4.91. The van der Waals surface area contributed by atoms with Crippen molar-refractivity contribution in [3.63, 3.8) is 0 Å². The number of aliphatic hydroxyl groups excluding tert-OH is 2. The van der Waals surface area contributed by atoms with E-state index in [1.807, 2.05) is 0 Å². The zero-order valence-electron chi connectivity index (χ0n) is 16.6. The van der Waals surface area contributed by atoms with Gasteiger partial charge in [-0.2, -0.15) is 0 Å². The summed E-state index contributed by atoms with van der Waals surface area (Å²) in [6.07, 6.45) is 6.95. The molecule has 1 aliphatic rings. The largest absolute Gasteiger partial charge is 0.395 e. The van der Waals surface area contributed by atoms with Gasteiger partial charge < -0.3 is 15.5 Å². The summed E-state index contributed by atoms with van der Waals surface area (Å²) in [6, 6.07) is 4.77. The van der Waals surface area contributed by atoms with Gasteiger partial charge in [0.2, 0.25) is 0 Å². The number of benzene rings is 1. The summed E-state index contributed by atoms with van der Waals surface area (Å²) >= 11 is 6.23. The van der Waals surface area contributed by atoms with Crippen molar-refractivity contribution < 1.29 is 15.0 Å². The highest BCUT2D eigenvalue weighted by Crippen LogP contribution is 2.26. The van der Waals surface area contributed by atoms with Crippen LogP contribution in [0.3, 0.4) is 0 Å². The van der Waals surface area contributed by atoms with Crippen molar-refractivity contribution in [2.75, 3.05) is 6.61 Å². The average Bonchev–Trinajstić information content (AvgIpc) is 2.89. The van der Waals surface area contributed by atoms with E-state index in [9.17, 15) is 14.7 Å². The molecule has 1 fully saturated rings. The number of aliphatic hydroxyl groups is 2. The Labute approximate surface area is 174 Å². The van der Waals surface area contributed by atoms with Gasteiger partial charge >= 0.3 is 5.69 Å². The highest BCUT2D eigenvalue weighted by molar-refractivity contribution is 6.33. The van der Waals surface area contributed by atoms with E-state index in [0.717, 1.165) is 38.5 Å². The number of nitrogens with zero attached hydrogens (tertiary/aromatic N) is 2. The van der Waals surface area contributed by atoms with Gasteiger partial charge in [0.15, 0.2) is 0 Å². The number of rotatable bonds is 6. The molecular formula is C21H28ClN3O4. The normalized spacial score (nSPS) is 16.4. The van der Waals surface area contributed by atoms with E-state index in [0.29, 0.717) is 11.4 Å². The molecule has 7 nitrogen and oxygen atoms in total. The standard InChI is InChI=1S/C21H28ClN3O4/c1-14-13-25(21(29)24(14)10-11-26)16-8-9-18(22)17(12-16)20(28)23-19(27)15-6-4-2-3-5-7-15/h8-9,12-13,15,19,26-27H,2-7,10-11H2,1H3,(H,23,28). The van der Waals surface area contributed by atoms with Gasteiger partial charge in [-0.15, -0.1) is 0 Å². The first-order valence-electron chi connectivity index (χ1n) is 10.1. The number of hydrogen-bond donors (Lipinski definition) is 3. The number of nitrogens with one attached hydrogen (secondary N) is 1. The Morgan fingerprint density at radius 2 is 1.97 bits per heavy atom. The molecule has 1 aromatic carbocycles. The molecule has 0 bridgehead atoms. The second-order valence-corrected chi connectivity index (χ2v) is 8.04. The molecule has 1 saturated carbocycles. The molecule has 1 heterocycles. The Hall–Kier alpha value is -2.09. The second-order valence-electron chi connectivity index (χ2n) is 7.63. The minimum atomic E-state index is -0.920. The van der Waals surface area contributed by atoms with Crippen molar-refractivity contribution in [3.8, 4) is 5.69 Å². The van der Waals surface area contributed by atoms with E-state index in [1.165, 1.54) is 9.13 Å². The van der Waals surface area contributed by atoms with Crippen LogP contribution in [-0.2, 0) is 6.54 Å². The van der Waals surface area contributed by atoms with Crippen LogP contribution in [-0.4, -0.2) is 38.1 Å². The van der Waals surface area contributed by atoms with Crippen LogP contribution in [0.15, 0.2) is 29.2 Å². The van der Waals surface area contributed by atoms with E-state index in [2.05, 4.69) is 5.32 Å².